The summed E-state index contributed by atoms with van der Waals surface area (Å²) in [5.41, 5.74) is 4.43. The van der Waals surface area contributed by atoms with E-state index in [9.17, 15) is 9.59 Å². The third-order valence-corrected chi connectivity index (χ3v) is 5.28. The second-order valence-corrected chi connectivity index (χ2v) is 7.63. The number of carbonyl (C=O) groups is 1. The van der Waals surface area contributed by atoms with Gasteiger partial charge >= 0.3 is 0 Å². The predicted octanol–water partition coefficient (Wildman–Crippen LogP) is 4.73. The number of amides is 1. The first-order valence-corrected chi connectivity index (χ1v) is 10.7. The van der Waals surface area contributed by atoms with E-state index in [1.165, 1.54) is 11.1 Å². The van der Waals surface area contributed by atoms with Crippen LogP contribution in [-0.2, 0) is 25.9 Å². The lowest BCUT2D eigenvalue weighted by Crippen LogP contribution is -2.33. The van der Waals surface area contributed by atoms with Crippen molar-refractivity contribution in [2.45, 2.75) is 52.6 Å². The van der Waals surface area contributed by atoms with Gasteiger partial charge in [0.05, 0.1) is 0 Å². The zero-order valence-electron chi connectivity index (χ0n) is 17.9. The standard InChI is InChI=1S/C26H30N2O2/c1-3-5-15-28-19-23(16-21-13-11-20(4-2)12-14-21)17-24(26(28)30)25(29)27-18-22-9-7-6-8-10-22/h6-14,17,19H,3-5,15-16,18H2,1-2H3,(H,27,29). The van der Waals surface area contributed by atoms with Gasteiger partial charge in [-0.25, -0.2) is 0 Å². The van der Waals surface area contributed by atoms with Crippen molar-refractivity contribution in [1.82, 2.24) is 9.88 Å². The molecule has 0 aliphatic rings. The normalized spacial score (nSPS) is 10.7. The van der Waals surface area contributed by atoms with Gasteiger partial charge in [-0.1, -0.05) is 74.9 Å². The van der Waals surface area contributed by atoms with Gasteiger partial charge in [-0.3, -0.25) is 9.59 Å². The van der Waals surface area contributed by atoms with Crippen LogP contribution in [0.2, 0.25) is 0 Å². The largest absolute Gasteiger partial charge is 0.348 e. The molecule has 156 valence electrons. The molecule has 0 bridgehead atoms. The summed E-state index contributed by atoms with van der Waals surface area (Å²) in [6, 6.07) is 20.0. The van der Waals surface area contributed by atoms with Crippen LogP contribution in [0.5, 0.6) is 0 Å². The van der Waals surface area contributed by atoms with Crippen LogP contribution in [0.25, 0.3) is 0 Å². The van der Waals surface area contributed by atoms with Crippen molar-refractivity contribution in [1.29, 1.82) is 0 Å². The number of carbonyl (C=O) groups excluding carboxylic acids is 1. The topological polar surface area (TPSA) is 51.1 Å². The Labute approximate surface area is 178 Å². The van der Waals surface area contributed by atoms with Gasteiger partial charge in [-0.05, 0) is 47.6 Å². The number of nitrogens with zero attached hydrogens (tertiary/aromatic N) is 1. The maximum atomic E-state index is 12.9. The molecule has 3 rings (SSSR count). The second kappa shape index (κ2) is 10.6. The van der Waals surface area contributed by atoms with Gasteiger partial charge in [0.1, 0.15) is 5.56 Å². The minimum absolute atomic E-state index is 0.213. The molecular weight excluding hydrogens is 372 g/mol. The highest BCUT2D eigenvalue weighted by atomic mass is 16.2. The summed E-state index contributed by atoms with van der Waals surface area (Å²) in [5, 5.41) is 2.89. The van der Waals surface area contributed by atoms with Crippen molar-refractivity contribution in [3.63, 3.8) is 0 Å². The number of aryl methyl sites for hydroxylation is 2. The lowest BCUT2D eigenvalue weighted by Gasteiger charge is -2.12. The average Bonchev–Trinajstić information content (AvgIpc) is 2.78. The van der Waals surface area contributed by atoms with E-state index in [0.717, 1.165) is 30.4 Å². The molecule has 1 N–H and O–H groups in total. The third-order valence-electron chi connectivity index (χ3n) is 5.28. The molecule has 0 aliphatic heterocycles. The Morgan fingerprint density at radius 1 is 0.900 bits per heavy atom. The van der Waals surface area contributed by atoms with Crippen molar-refractivity contribution in [3.05, 3.63) is 105 Å². The summed E-state index contributed by atoms with van der Waals surface area (Å²) in [6.45, 7) is 5.25. The number of pyridine rings is 1. The van der Waals surface area contributed by atoms with Crippen LogP contribution in [0.3, 0.4) is 0 Å². The molecule has 0 saturated heterocycles. The van der Waals surface area contributed by atoms with Crippen LogP contribution in [0.1, 0.15) is 59.3 Å². The summed E-state index contributed by atoms with van der Waals surface area (Å²) in [7, 11) is 0. The van der Waals surface area contributed by atoms with Crippen molar-refractivity contribution in [2.75, 3.05) is 0 Å². The minimum Gasteiger partial charge on any atom is -0.348 e. The van der Waals surface area contributed by atoms with E-state index in [1.54, 1.807) is 10.6 Å². The highest BCUT2D eigenvalue weighted by Crippen LogP contribution is 2.12. The van der Waals surface area contributed by atoms with Gasteiger partial charge in [0.25, 0.3) is 11.5 Å². The molecule has 1 heterocycles. The Morgan fingerprint density at radius 3 is 2.27 bits per heavy atom. The minimum atomic E-state index is -0.322. The maximum Gasteiger partial charge on any atom is 0.263 e. The quantitative estimate of drug-likeness (QED) is 0.562. The smallest absolute Gasteiger partial charge is 0.263 e. The van der Waals surface area contributed by atoms with E-state index in [0.29, 0.717) is 19.5 Å². The molecule has 4 nitrogen and oxygen atoms in total. The fourth-order valence-electron chi connectivity index (χ4n) is 3.45. The van der Waals surface area contributed by atoms with Gasteiger partial charge in [-0.2, -0.15) is 0 Å². The van der Waals surface area contributed by atoms with E-state index < -0.39 is 0 Å². The Bertz CT molecular complexity index is 1020. The number of benzene rings is 2. The number of hydrogen-bond donors (Lipinski definition) is 1. The summed E-state index contributed by atoms with van der Waals surface area (Å²) < 4.78 is 1.69. The summed E-state index contributed by atoms with van der Waals surface area (Å²) >= 11 is 0. The molecule has 2 aromatic carbocycles. The van der Waals surface area contributed by atoms with Gasteiger partial charge in [-0.15, -0.1) is 0 Å². The van der Waals surface area contributed by atoms with Crippen LogP contribution >= 0.6 is 0 Å². The molecule has 0 spiro atoms. The molecule has 3 aromatic rings. The van der Waals surface area contributed by atoms with Crippen LogP contribution < -0.4 is 10.9 Å². The van der Waals surface area contributed by atoms with Crippen molar-refractivity contribution >= 4 is 5.91 Å². The fourth-order valence-corrected chi connectivity index (χ4v) is 3.45. The molecule has 0 unspecified atom stereocenters. The highest BCUT2D eigenvalue weighted by Gasteiger charge is 2.14. The van der Waals surface area contributed by atoms with Crippen LogP contribution in [0, 0.1) is 0 Å². The second-order valence-electron chi connectivity index (χ2n) is 7.63. The van der Waals surface area contributed by atoms with Crippen LogP contribution in [0.4, 0.5) is 0 Å². The van der Waals surface area contributed by atoms with Gasteiger partial charge in [0, 0.05) is 19.3 Å². The molecule has 4 heteroatoms. The monoisotopic (exact) mass is 402 g/mol. The number of unbranched alkanes of at least 4 members (excludes halogenated alkanes) is 1. The first-order valence-electron chi connectivity index (χ1n) is 10.7. The molecule has 1 amide bonds. The molecule has 0 saturated carbocycles. The number of aromatic nitrogens is 1. The van der Waals surface area contributed by atoms with Gasteiger partial charge in [0.2, 0.25) is 0 Å². The third kappa shape index (κ3) is 5.69. The zero-order chi connectivity index (χ0) is 21.3. The Morgan fingerprint density at radius 2 is 1.60 bits per heavy atom. The average molecular weight is 403 g/mol. The first kappa shape index (κ1) is 21.6. The van der Waals surface area contributed by atoms with Crippen LogP contribution in [-0.4, -0.2) is 10.5 Å². The fraction of sp³-hybridized carbons (Fsp3) is 0.308. The summed E-state index contributed by atoms with van der Waals surface area (Å²) in [6.07, 6.45) is 5.49. The summed E-state index contributed by atoms with van der Waals surface area (Å²) in [5.74, 6) is -0.322. The van der Waals surface area contributed by atoms with E-state index >= 15 is 0 Å². The highest BCUT2D eigenvalue weighted by molar-refractivity contribution is 5.94. The van der Waals surface area contributed by atoms with Gasteiger partial charge < -0.3 is 9.88 Å². The number of nitrogens with one attached hydrogen (secondary N) is 1. The molecule has 0 atom stereocenters. The Kier molecular flexibility index (Phi) is 7.61. The van der Waals surface area contributed by atoms with E-state index in [1.807, 2.05) is 36.5 Å². The van der Waals surface area contributed by atoms with Crippen molar-refractivity contribution < 1.29 is 4.79 Å². The van der Waals surface area contributed by atoms with Crippen molar-refractivity contribution in [2.24, 2.45) is 0 Å². The lowest BCUT2D eigenvalue weighted by molar-refractivity contribution is 0.0948. The number of rotatable bonds is 9. The molecule has 0 fully saturated rings. The lowest BCUT2D eigenvalue weighted by atomic mass is 10.0. The molecule has 0 aliphatic carbocycles. The SMILES string of the molecule is CCCCn1cc(Cc2ccc(CC)cc2)cc(C(=O)NCc2ccccc2)c1=O. The van der Waals surface area contributed by atoms with Gasteiger partial charge in [0.15, 0.2) is 0 Å². The van der Waals surface area contributed by atoms with Crippen LogP contribution in [0.15, 0.2) is 71.7 Å². The Hall–Kier alpha value is -3.14. The van der Waals surface area contributed by atoms with E-state index in [-0.39, 0.29) is 17.0 Å². The first-order chi connectivity index (χ1) is 14.6. The van der Waals surface area contributed by atoms with Crippen molar-refractivity contribution in [3.8, 4) is 0 Å². The summed E-state index contributed by atoms with van der Waals surface area (Å²) in [4.78, 5) is 25.7. The van der Waals surface area contributed by atoms with E-state index in [2.05, 4.69) is 43.4 Å². The molecular formula is C26H30N2O2. The zero-order valence-corrected chi connectivity index (χ0v) is 17.9. The Balaban J connectivity index is 1.85. The molecule has 0 radical (unpaired) electrons. The number of hydrogen-bond acceptors (Lipinski definition) is 2. The van der Waals surface area contributed by atoms with E-state index in [4.69, 9.17) is 0 Å². The predicted molar refractivity (Wildman–Crippen MR) is 122 cm³/mol. The molecule has 1 aromatic heterocycles. The molecule has 30 heavy (non-hydrogen) atoms. The maximum absolute atomic E-state index is 12.9.